The van der Waals surface area contributed by atoms with Gasteiger partial charge in [-0.05, 0) is 55.3 Å². The highest BCUT2D eigenvalue weighted by Crippen LogP contribution is 2.41. The van der Waals surface area contributed by atoms with Crippen LogP contribution in [0.2, 0.25) is 0 Å². The molecule has 2 heterocycles. The molecule has 0 spiro atoms. The van der Waals surface area contributed by atoms with E-state index < -0.39 is 73.7 Å². The molecule has 2 saturated heterocycles. The zero-order chi connectivity index (χ0) is 36.8. The van der Waals surface area contributed by atoms with Crippen molar-refractivity contribution >= 4 is 39.4 Å². The summed E-state index contributed by atoms with van der Waals surface area (Å²) in [7, 11) is -3.36. The Morgan fingerprint density at radius 1 is 1.02 bits per heavy atom. The van der Waals surface area contributed by atoms with Crippen LogP contribution in [-0.2, 0) is 29.0 Å². The fourth-order valence-corrected chi connectivity index (χ4v) is 10.0. The standard InChI is InChI=1S/C36H61N5O7S/c1-9-11-16-25(28(42)31(44)37-20-10-2)38-30(43)26-22-35(7,8)24(3)23-41(26)32(45)29(34(4,5)6)39-33(46)40-36(18-13-12-14-19-36)27-17-15-21-49(27,47)48/h10,24-27,29H,2,9,11-23H2,1,3-8H3,(H,37,44)(H,38,43)(H2,39,40,46)/t24?,25-,26-,27-,29+/m0/s1. The van der Waals surface area contributed by atoms with Crippen molar-refractivity contribution in [3.8, 4) is 0 Å². The molecule has 1 aliphatic carbocycles. The minimum absolute atomic E-state index is 0.00947. The highest BCUT2D eigenvalue weighted by atomic mass is 32.2. The molecule has 4 N–H and O–H groups in total. The number of hydrogen-bond donors (Lipinski definition) is 4. The maximum Gasteiger partial charge on any atom is 0.315 e. The quantitative estimate of drug-likeness (QED) is 0.167. The number of likely N-dealkylation sites (tertiary alicyclic amines) is 1. The molecule has 5 amide bonds. The Labute approximate surface area is 293 Å². The zero-order valence-corrected chi connectivity index (χ0v) is 31.6. The van der Waals surface area contributed by atoms with Crippen LogP contribution in [0.3, 0.4) is 0 Å². The molecule has 3 aliphatic rings. The van der Waals surface area contributed by atoms with Gasteiger partial charge in [0.05, 0.1) is 22.6 Å². The lowest BCUT2D eigenvalue weighted by Crippen LogP contribution is -2.67. The number of Topliss-reactive ketones (excluding diaryl/α,β-unsaturated/α-hetero) is 1. The summed E-state index contributed by atoms with van der Waals surface area (Å²) in [5.74, 6) is -2.40. The summed E-state index contributed by atoms with van der Waals surface area (Å²) in [5, 5.41) is 10.6. The third kappa shape index (κ3) is 9.85. The van der Waals surface area contributed by atoms with E-state index >= 15 is 0 Å². The van der Waals surface area contributed by atoms with Gasteiger partial charge in [-0.2, -0.15) is 0 Å². The molecular formula is C36H61N5O7S. The molecule has 13 heteroatoms. The van der Waals surface area contributed by atoms with Crippen molar-refractivity contribution in [3.05, 3.63) is 12.7 Å². The largest absolute Gasteiger partial charge is 0.346 e. The van der Waals surface area contributed by atoms with Crippen molar-refractivity contribution in [1.82, 2.24) is 26.2 Å². The first-order chi connectivity index (χ1) is 22.8. The molecule has 3 rings (SSSR count). The van der Waals surface area contributed by atoms with Crippen LogP contribution in [0.25, 0.3) is 0 Å². The van der Waals surface area contributed by atoms with Crippen molar-refractivity contribution < 1.29 is 32.4 Å². The fraction of sp³-hybridized carbons (Fsp3) is 0.806. The minimum Gasteiger partial charge on any atom is -0.346 e. The van der Waals surface area contributed by atoms with Crippen LogP contribution >= 0.6 is 0 Å². The summed E-state index contributed by atoms with van der Waals surface area (Å²) in [6, 6.07) is -3.65. The topological polar surface area (TPSA) is 171 Å². The SMILES string of the molecule is C=CCNC(=O)C(=O)[C@H](CCCC)NC(=O)[C@@H]1CC(C)(C)C(C)CN1C(=O)[C@@H](NC(=O)NC1([C@@H]2CCCS2(=O)=O)CCCCC1)C(C)(C)C. The molecule has 1 saturated carbocycles. The van der Waals surface area contributed by atoms with E-state index in [0.717, 1.165) is 25.7 Å². The first kappa shape index (κ1) is 40.5. The van der Waals surface area contributed by atoms with Crippen LogP contribution in [0.4, 0.5) is 4.79 Å². The number of rotatable bonds is 13. The Morgan fingerprint density at radius 3 is 2.22 bits per heavy atom. The van der Waals surface area contributed by atoms with Crippen molar-refractivity contribution in [2.45, 2.75) is 148 Å². The first-order valence-corrected chi connectivity index (χ1v) is 19.8. The van der Waals surface area contributed by atoms with E-state index in [9.17, 15) is 32.4 Å². The maximum atomic E-state index is 14.6. The monoisotopic (exact) mass is 707 g/mol. The lowest BCUT2D eigenvalue weighted by molar-refractivity contribution is -0.151. The summed E-state index contributed by atoms with van der Waals surface area (Å²) in [6.07, 6.45) is 8.18. The predicted molar refractivity (Wildman–Crippen MR) is 190 cm³/mol. The van der Waals surface area contributed by atoms with Crippen molar-refractivity contribution in [1.29, 1.82) is 0 Å². The zero-order valence-electron chi connectivity index (χ0n) is 30.8. The van der Waals surface area contributed by atoms with Crippen LogP contribution in [-0.4, -0.2) is 90.6 Å². The molecule has 0 bridgehead atoms. The number of amides is 5. The molecule has 278 valence electrons. The number of urea groups is 1. The normalized spacial score (nSPS) is 25.7. The second-order valence-corrected chi connectivity index (χ2v) is 18.6. The Hall–Kier alpha value is -2.96. The van der Waals surface area contributed by atoms with Gasteiger partial charge in [-0.1, -0.05) is 86.6 Å². The molecule has 2 aliphatic heterocycles. The van der Waals surface area contributed by atoms with Gasteiger partial charge in [-0.3, -0.25) is 19.2 Å². The molecule has 5 atom stereocenters. The lowest BCUT2D eigenvalue weighted by Gasteiger charge is -2.49. The Kier molecular flexibility index (Phi) is 13.5. The molecule has 0 aromatic carbocycles. The van der Waals surface area contributed by atoms with E-state index in [1.165, 1.54) is 11.0 Å². The molecule has 49 heavy (non-hydrogen) atoms. The molecule has 0 aromatic rings. The average Bonchev–Trinajstić information content (AvgIpc) is 3.40. The smallest absolute Gasteiger partial charge is 0.315 e. The third-order valence-electron chi connectivity index (χ3n) is 11.0. The van der Waals surface area contributed by atoms with E-state index in [-0.39, 0.29) is 36.6 Å². The van der Waals surface area contributed by atoms with Gasteiger partial charge in [0.2, 0.25) is 17.6 Å². The van der Waals surface area contributed by atoms with Crippen LogP contribution in [0.1, 0.15) is 119 Å². The number of carbonyl (C=O) groups excluding carboxylic acids is 5. The predicted octanol–water partition coefficient (Wildman–Crippen LogP) is 3.79. The maximum absolute atomic E-state index is 14.6. The van der Waals surface area contributed by atoms with Crippen LogP contribution in [0.5, 0.6) is 0 Å². The summed E-state index contributed by atoms with van der Waals surface area (Å²) in [5.41, 5.74) is -1.99. The number of piperidine rings is 1. The van der Waals surface area contributed by atoms with E-state index in [1.807, 2.05) is 48.5 Å². The number of hydrogen-bond acceptors (Lipinski definition) is 7. The molecular weight excluding hydrogens is 646 g/mol. The van der Waals surface area contributed by atoms with Gasteiger partial charge in [0.25, 0.3) is 5.91 Å². The van der Waals surface area contributed by atoms with Gasteiger partial charge >= 0.3 is 6.03 Å². The molecule has 1 unspecified atom stereocenters. The summed E-state index contributed by atoms with van der Waals surface area (Å²) >= 11 is 0. The molecule has 12 nitrogen and oxygen atoms in total. The second-order valence-electron chi connectivity index (χ2n) is 16.3. The van der Waals surface area contributed by atoms with E-state index in [4.69, 9.17) is 0 Å². The fourth-order valence-electron chi connectivity index (χ4n) is 7.64. The third-order valence-corrected chi connectivity index (χ3v) is 13.4. The highest BCUT2D eigenvalue weighted by Gasteiger charge is 2.51. The van der Waals surface area contributed by atoms with Gasteiger partial charge in [0, 0.05) is 13.1 Å². The van der Waals surface area contributed by atoms with Gasteiger partial charge in [-0.25, -0.2) is 13.2 Å². The van der Waals surface area contributed by atoms with Crippen molar-refractivity contribution in [2.24, 2.45) is 16.7 Å². The first-order valence-electron chi connectivity index (χ1n) is 18.1. The van der Waals surface area contributed by atoms with Gasteiger partial charge < -0.3 is 26.2 Å². The number of sulfone groups is 1. The number of carbonyl (C=O) groups is 5. The van der Waals surface area contributed by atoms with E-state index in [2.05, 4.69) is 27.8 Å². The highest BCUT2D eigenvalue weighted by molar-refractivity contribution is 7.92. The van der Waals surface area contributed by atoms with Gasteiger partial charge in [0.1, 0.15) is 12.1 Å². The number of nitrogens with zero attached hydrogens (tertiary/aromatic N) is 1. The minimum atomic E-state index is -3.36. The number of nitrogens with one attached hydrogen (secondary N) is 4. The summed E-state index contributed by atoms with van der Waals surface area (Å²) in [6.45, 7) is 17.5. The van der Waals surface area contributed by atoms with E-state index in [1.54, 1.807) is 0 Å². The molecule has 3 fully saturated rings. The summed E-state index contributed by atoms with van der Waals surface area (Å²) in [4.78, 5) is 69.7. The van der Waals surface area contributed by atoms with Crippen molar-refractivity contribution in [3.63, 3.8) is 0 Å². The van der Waals surface area contributed by atoms with Crippen LogP contribution in [0.15, 0.2) is 12.7 Å². The van der Waals surface area contributed by atoms with Gasteiger partial charge in [0.15, 0.2) is 9.84 Å². The van der Waals surface area contributed by atoms with Crippen molar-refractivity contribution in [2.75, 3.05) is 18.8 Å². The van der Waals surface area contributed by atoms with E-state index in [0.29, 0.717) is 38.5 Å². The van der Waals surface area contributed by atoms with Crippen LogP contribution in [0, 0.1) is 16.7 Å². The second kappa shape index (κ2) is 16.4. The number of ketones is 1. The molecule has 0 radical (unpaired) electrons. The number of unbranched alkanes of at least 4 members (excludes halogenated alkanes) is 1. The Morgan fingerprint density at radius 2 is 1.67 bits per heavy atom. The lowest BCUT2D eigenvalue weighted by atomic mass is 9.71. The van der Waals surface area contributed by atoms with Crippen LogP contribution < -0.4 is 21.3 Å². The van der Waals surface area contributed by atoms with Gasteiger partial charge in [-0.15, -0.1) is 6.58 Å². The average molecular weight is 708 g/mol. The Balaban J connectivity index is 1.89. The Bertz CT molecular complexity index is 1350. The molecule has 0 aromatic heterocycles. The summed E-state index contributed by atoms with van der Waals surface area (Å²) < 4.78 is 26.1.